The van der Waals surface area contributed by atoms with Gasteiger partial charge in [-0.25, -0.2) is 9.67 Å². The molecule has 7 nitrogen and oxygen atoms in total. The second kappa shape index (κ2) is 8.88. The molecule has 1 N–H and O–H groups in total. The van der Waals surface area contributed by atoms with Crippen molar-refractivity contribution >= 4 is 5.82 Å². The Morgan fingerprint density at radius 2 is 1.86 bits per heavy atom. The van der Waals surface area contributed by atoms with Crippen LogP contribution in [-0.2, 0) is 13.2 Å². The van der Waals surface area contributed by atoms with Gasteiger partial charge < -0.3 is 14.8 Å². The number of methoxy groups -OCH3 is 1. The highest BCUT2D eigenvalue weighted by atomic mass is 16.5. The predicted molar refractivity (Wildman–Crippen MR) is 110 cm³/mol. The summed E-state index contributed by atoms with van der Waals surface area (Å²) >= 11 is 0. The summed E-state index contributed by atoms with van der Waals surface area (Å²) in [4.78, 5) is 8.75. The molecular weight excluding hydrogens is 366 g/mol. The van der Waals surface area contributed by atoms with Crippen LogP contribution >= 0.6 is 0 Å². The first kappa shape index (κ1) is 18.5. The number of benzene rings is 2. The van der Waals surface area contributed by atoms with Gasteiger partial charge in [-0.2, -0.15) is 5.10 Å². The Labute approximate surface area is 169 Å². The lowest BCUT2D eigenvalue weighted by Gasteiger charge is -2.13. The van der Waals surface area contributed by atoms with Gasteiger partial charge in [0.25, 0.3) is 0 Å². The van der Waals surface area contributed by atoms with E-state index in [4.69, 9.17) is 9.47 Å². The Bertz CT molecular complexity index is 1050. The Hall–Kier alpha value is -3.87. The summed E-state index contributed by atoms with van der Waals surface area (Å²) in [6, 6.07) is 17.8. The number of aromatic nitrogens is 4. The zero-order valence-corrected chi connectivity index (χ0v) is 16.0. The summed E-state index contributed by atoms with van der Waals surface area (Å²) < 4.78 is 13.1. The van der Waals surface area contributed by atoms with Crippen LogP contribution in [0.4, 0.5) is 5.82 Å². The Morgan fingerprint density at radius 3 is 2.66 bits per heavy atom. The number of rotatable bonds is 8. The van der Waals surface area contributed by atoms with Crippen LogP contribution in [0.3, 0.4) is 0 Å². The van der Waals surface area contributed by atoms with Gasteiger partial charge in [-0.05, 0) is 29.3 Å². The summed E-state index contributed by atoms with van der Waals surface area (Å²) in [5.41, 5.74) is 2.15. The van der Waals surface area contributed by atoms with Gasteiger partial charge >= 0.3 is 0 Å². The molecule has 0 bridgehead atoms. The molecule has 0 unspecified atom stereocenters. The van der Waals surface area contributed by atoms with Crippen molar-refractivity contribution in [2.24, 2.45) is 0 Å². The first-order chi connectivity index (χ1) is 14.3. The van der Waals surface area contributed by atoms with Crippen LogP contribution in [0, 0.1) is 0 Å². The fourth-order valence-corrected chi connectivity index (χ4v) is 2.82. The summed E-state index contributed by atoms with van der Waals surface area (Å²) in [7, 11) is 1.64. The van der Waals surface area contributed by atoms with Crippen LogP contribution < -0.4 is 14.8 Å². The molecular formula is C22H21N5O2. The van der Waals surface area contributed by atoms with Gasteiger partial charge in [0.1, 0.15) is 12.4 Å². The van der Waals surface area contributed by atoms with Gasteiger partial charge in [-0.3, -0.25) is 4.98 Å². The molecule has 0 amide bonds. The number of hydrogen-bond acceptors (Lipinski definition) is 6. The van der Waals surface area contributed by atoms with Gasteiger partial charge in [-0.15, -0.1) is 0 Å². The van der Waals surface area contributed by atoms with Crippen molar-refractivity contribution in [3.8, 4) is 17.3 Å². The highest BCUT2D eigenvalue weighted by molar-refractivity contribution is 5.45. The topological polar surface area (TPSA) is 74.1 Å². The maximum Gasteiger partial charge on any atom is 0.173 e. The first-order valence-electron chi connectivity index (χ1n) is 9.21. The Morgan fingerprint density at radius 1 is 0.966 bits per heavy atom. The molecule has 4 rings (SSSR count). The lowest BCUT2D eigenvalue weighted by atomic mass is 10.2. The maximum atomic E-state index is 5.91. The van der Waals surface area contributed by atoms with Crippen LogP contribution in [0.1, 0.15) is 11.1 Å². The Kier molecular flexibility index (Phi) is 5.66. The van der Waals surface area contributed by atoms with E-state index < -0.39 is 0 Å². The molecule has 0 aliphatic carbocycles. The maximum absolute atomic E-state index is 5.91. The van der Waals surface area contributed by atoms with Crippen molar-refractivity contribution in [1.29, 1.82) is 0 Å². The summed E-state index contributed by atoms with van der Waals surface area (Å²) in [5, 5.41) is 7.45. The van der Waals surface area contributed by atoms with Gasteiger partial charge in [0, 0.05) is 18.9 Å². The van der Waals surface area contributed by atoms with Crippen LogP contribution in [-0.4, -0.2) is 26.9 Å². The number of anilines is 1. The second-order valence-corrected chi connectivity index (χ2v) is 6.33. The van der Waals surface area contributed by atoms with Crippen molar-refractivity contribution < 1.29 is 9.47 Å². The lowest BCUT2D eigenvalue weighted by molar-refractivity contribution is 0.284. The quantitative estimate of drug-likeness (QED) is 0.495. The molecule has 4 aromatic rings. The zero-order valence-electron chi connectivity index (χ0n) is 16.0. The third-order valence-corrected chi connectivity index (χ3v) is 4.30. The van der Waals surface area contributed by atoms with E-state index in [0.29, 0.717) is 36.3 Å². The molecule has 0 radical (unpaired) electrons. The average Bonchev–Trinajstić information content (AvgIpc) is 3.32. The van der Waals surface area contributed by atoms with E-state index in [1.54, 1.807) is 30.4 Å². The highest BCUT2D eigenvalue weighted by Crippen LogP contribution is 2.29. The van der Waals surface area contributed by atoms with Gasteiger partial charge in [0.15, 0.2) is 17.3 Å². The lowest BCUT2D eigenvalue weighted by Crippen LogP contribution is -2.06. The molecule has 2 aromatic carbocycles. The monoisotopic (exact) mass is 387 g/mol. The van der Waals surface area contributed by atoms with Gasteiger partial charge in [0.05, 0.1) is 19.5 Å². The Balaban J connectivity index is 1.41. The molecule has 29 heavy (non-hydrogen) atoms. The van der Waals surface area contributed by atoms with E-state index >= 15 is 0 Å². The molecule has 0 fully saturated rings. The van der Waals surface area contributed by atoms with E-state index in [1.807, 2.05) is 60.8 Å². The molecule has 0 aliphatic heterocycles. The molecule has 7 heteroatoms. The fourth-order valence-electron chi connectivity index (χ4n) is 2.82. The van der Waals surface area contributed by atoms with E-state index in [-0.39, 0.29) is 0 Å². The number of nitrogens with one attached hydrogen (secondary N) is 1. The van der Waals surface area contributed by atoms with Gasteiger partial charge in [0.2, 0.25) is 0 Å². The van der Waals surface area contributed by atoms with Crippen LogP contribution in [0.2, 0.25) is 0 Å². The summed E-state index contributed by atoms with van der Waals surface area (Å²) in [6.45, 7) is 1.07. The molecule has 146 valence electrons. The highest BCUT2D eigenvalue weighted by Gasteiger charge is 2.07. The number of ether oxygens (including phenoxy) is 2. The van der Waals surface area contributed by atoms with E-state index in [9.17, 15) is 0 Å². The van der Waals surface area contributed by atoms with E-state index in [2.05, 4.69) is 20.4 Å². The van der Waals surface area contributed by atoms with Crippen molar-refractivity contribution in [3.63, 3.8) is 0 Å². The smallest absolute Gasteiger partial charge is 0.173 e. The van der Waals surface area contributed by atoms with Crippen LogP contribution in [0.5, 0.6) is 11.5 Å². The van der Waals surface area contributed by atoms with Crippen molar-refractivity contribution in [3.05, 3.63) is 90.5 Å². The number of hydrogen-bond donors (Lipinski definition) is 1. The normalized spacial score (nSPS) is 10.5. The largest absolute Gasteiger partial charge is 0.493 e. The summed E-state index contributed by atoms with van der Waals surface area (Å²) in [5.74, 6) is 2.72. The van der Waals surface area contributed by atoms with Crippen molar-refractivity contribution in [2.45, 2.75) is 13.2 Å². The minimum Gasteiger partial charge on any atom is -0.493 e. The third kappa shape index (κ3) is 4.70. The van der Waals surface area contributed by atoms with Crippen molar-refractivity contribution in [1.82, 2.24) is 19.7 Å². The third-order valence-electron chi connectivity index (χ3n) is 4.30. The minimum atomic E-state index is 0.491. The van der Waals surface area contributed by atoms with Crippen LogP contribution in [0.25, 0.3) is 5.82 Å². The molecule has 0 spiro atoms. The molecule has 2 aromatic heterocycles. The molecule has 2 heterocycles. The zero-order chi connectivity index (χ0) is 19.9. The van der Waals surface area contributed by atoms with E-state index in [1.165, 1.54) is 0 Å². The standard InChI is InChI=1S/C22H21N5O2/c1-28-20-12-18(8-9-19(20)29-16-17-6-3-2-4-7-17)13-24-21-14-23-15-22(26-21)27-11-5-10-25-27/h2-12,14-15H,13,16H2,1H3,(H,24,26). The van der Waals surface area contributed by atoms with E-state index in [0.717, 1.165) is 11.1 Å². The van der Waals surface area contributed by atoms with Gasteiger partial charge in [-0.1, -0.05) is 36.4 Å². The molecule has 0 saturated carbocycles. The molecule has 0 atom stereocenters. The second-order valence-electron chi connectivity index (χ2n) is 6.33. The van der Waals surface area contributed by atoms with Crippen molar-refractivity contribution in [2.75, 3.05) is 12.4 Å². The SMILES string of the molecule is COc1cc(CNc2cncc(-n3cccn3)n2)ccc1OCc1ccccc1. The predicted octanol–water partition coefficient (Wildman–Crippen LogP) is 3.86. The summed E-state index contributed by atoms with van der Waals surface area (Å²) in [6.07, 6.45) is 6.88. The molecule has 0 aliphatic rings. The molecule has 0 saturated heterocycles. The van der Waals surface area contributed by atoms with Crippen LogP contribution in [0.15, 0.2) is 79.4 Å². The first-order valence-corrected chi connectivity index (χ1v) is 9.21. The minimum absolute atomic E-state index is 0.491. The average molecular weight is 387 g/mol. The fraction of sp³-hybridized carbons (Fsp3) is 0.136. The number of nitrogens with zero attached hydrogens (tertiary/aromatic N) is 4.